The Morgan fingerprint density at radius 2 is 1.60 bits per heavy atom. The minimum absolute atomic E-state index is 0.115. The van der Waals surface area contributed by atoms with Crippen LogP contribution in [0.2, 0.25) is 0 Å². The molecule has 3 rings (SSSR count). The van der Waals surface area contributed by atoms with Crippen LogP contribution in [0.4, 0.5) is 11.4 Å². The van der Waals surface area contributed by atoms with Gasteiger partial charge < -0.3 is 10.6 Å². The molecular formula is C22H22N4O2S2. The lowest BCUT2D eigenvalue weighted by Crippen LogP contribution is -2.44. The van der Waals surface area contributed by atoms with Crippen molar-refractivity contribution in [3.05, 3.63) is 72.8 Å². The Labute approximate surface area is 185 Å². The van der Waals surface area contributed by atoms with Crippen molar-refractivity contribution in [3.63, 3.8) is 0 Å². The SMILES string of the molecule is O=C(CC(=O)NNC(=S)Nc1cccc2ccccc12)CC(S)Nc1ccccc1. The summed E-state index contributed by atoms with van der Waals surface area (Å²) >= 11 is 9.59. The summed E-state index contributed by atoms with van der Waals surface area (Å²) in [5.74, 6) is -0.701. The highest BCUT2D eigenvalue weighted by atomic mass is 32.1. The van der Waals surface area contributed by atoms with E-state index in [1.807, 2.05) is 72.8 Å². The van der Waals surface area contributed by atoms with Gasteiger partial charge in [-0.2, -0.15) is 12.6 Å². The zero-order chi connectivity index (χ0) is 21.3. The summed E-state index contributed by atoms with van der Waals surface area (Å²) < 4.78 is 0. The number of thiol groups is 1. The second kappa shape index (κ2) is 10.6. The molecule has 0 spiro atoms. The average molecular weight is 439 g/mol. The van der Waals surface area contributed by atoms with E-state index in [-0.39, 0.29) is 29.1 Å². The number of nitrogens with one attached hydrogen (secondary N) is 4. The number of amides is 1. The highest BCUT2D eigenvalue weighted by molar-refractivity contribution is 7.81. The van der Waals surface area contributed by atoms with E-state index in [1.165, 1.54) is 0 Å². The number of benzene rings is 3. The second-order valence-electron chi connectivity index (χ2n) is 6.60. The Balaban J connectivity index is 1.42. The van der Waals surface area contributed by atoms with Gasteiger partial charge in [-0.3, -0.25) is 20.4 Å². The maximum absolute atomic E-state index is 12.1. The molecule has 1 atom stereocenters. The molecule has 1 unspecified atom stereocenters. The van der Waals surface area contributed by atoms with Gasteiger partial charge in [0.05, 0.1) is 11.8 Å². The average Bonchev–Trinajstić information content (AvgIpc) is 2.73. The van der Waals surface area contributed by atoms with Crippen molar-refractivity contribution in [3.8, 4) is 0 Å². The van der Waals surface area contributed by atoms with Crippen LogP contribution in [-0.2, 0) is 9.59 Å². The van der Waals surface area contributed by atoms with Crippen molar-refractivity contribution in [1.82, 2.24) is 10.9 Å². The molecule has 0 saturated carbocycles. The highest BCUT2D eigenvalue weighted by Crippen LogP contribution is 2.22. The molecule has 8 heteroatoms. The Kier molecular flexibility index (Phi) is 7.64. The van der Waals surface area contributed by atoms with Gasteiger partial charge in [-0.25, -0.2) is 0 Å². The maximum Gasteiger partial charge on any atom is 0.245 e. The number of fused-ring (bicyclic) bond motifs is 1. The molecule has 0 heterocycles. The molecule has 0 bridgehead atoms. The molecule has 4 N–H and O–H groups in total. The number of carbonyl (C=O) groups excluding carboxylic acids is 2. The first-order valence-corrected chi connectivity index (χ1v) is 10.3. The first-order valence-electron chi connectivity index (χ1n) is 9.36. The maximum atomic E-state index is 12.1. The van der Waals surface area contributed by atoms with Gasteiger partial charge in [0.25, 0.3) is 0 Å². The van der Waals surface area contributed by atoms with Crippen molar-refractivity contribution in [1.29, 1.82) is 0 Å². The fraction of sp³-hybridized carbons (Fsp3) is 0.136. The minimum atomic E-state index is -0.470. The number of rotatable bonds is 7. The quantitative estimate of drug-likeness (QED) is 0.127. The Hall–Kier alpha value is -3.10. The van der Waals surface area contributed by atoms with Crippen LogP contribution in [0.25, 0.3) is 10.8 Å². The van der Waals surface area contributed by atoms with Crippen LogP contribution in [0.1, 0.15) is 12.8 Å². The molecule has 6 nitrogen and oxygen atoms in total. The number of ketones is 1. The predicted molar refractivity (Wildman–Crippen MR) is 129 cm³/mol. The third-order valence-electron chi connectivity index (χ3n) is 4.24. The number of hydrazine groups is 1. The van der Waals surface area contributed by atoms with Crippen molar-refractivity contribution in [2.24, 2.45) is 0 Å². The molecule has 30 heavy (non-hydrogen) atoms. The van der Waals surface area contributed by atoms with Crippen molar-refractivity contribution < 1.29 is 9.59 Å². The van der Waals surface area contributed by atoms with E-state index in [0.29, 0.717) is 0 Å². The number of hydrogen-bond acceptors (Lipinski definition) is 5. The van der Waals surface area contributed by atoms with E-state index < -0.39 is 5.91 Å². The summed E-state index contributed by atoms with van der Waals surface area (Å²) in [5.41, 5.74) is 6.76. The van der Waals surface area contributed by atoms with Gasteiger partial charge in [0.15, 0.2) is 5.11 Å². The molecule has 0 aliphatic carbocycles. The monoisotopic (exact) mass is 438 g/mol. The number of thiocarbonyl (C=S) groups is 1. The first kappa shape index (κ1) is 21.6. The summed E-state index contributed by atoms with van der Waals surface area (Å²) in [5, 5.41) is 8.09. The molecule has 0 fully saturated rings. The van der Waals surface area contributed by atoms with Crippen LogP contribution in [0.3, 0.4) is 0 Å². The van der Waals surface area contributed by atoms with Gasteiger partial charge in [0.1, 0.15) is 5.78 Å². The Morgan fingerprint density at radius 1 is 0.900 bits per heavy atom. The van der Waals surface area contributed by atoms with Crippen LogP contribution in [0.5, 0.6) is 0 Å². The number of Topliss-reactive ketones (excluding diaryl/α,β-unsaturated/α-hetero) is 1. The van der Waals surface area contributed by atoms with Gasteiger partial charge in [-0.05, 0) is 35.8 Å². The molecule has 154 valence electrons. The molecule has 0 aliphatic rings. The summed E-state index contributed by atoms with van der Waals surface area (Å²) in [7, 11) is 0. The highest BCUT2D eigenvalue weighted by Gasteiger charge is 2.14. The fourth-order valence-electron chi connectivity index (χ4n) is 2.90. The fourth-order valence-corrected chi connectivity index (χ4v) is 3.42. The Bertz CT molecular complexity index is 1040. The third-order valence-corrected chi connectivity index (χ3v) is 4.75. The number of anilines is 2. The zero-order valence-electron chi connectivity index (χ0n) is 16.1. The van der Waals surface area contributed by atoms with E-state index in [2.05, 4.69) is 34.1 Å². The van der Waals surface area contributed by atoms with Gasteiger partial charge in [0.2, 0.25) is 5.91 Å². The molecule has 1 amide bonds. The minimum Gasteiger partial charge on any atom is -0.373 e. The summed E-state index contributed by atoms with van der Waals surface area (Å²) in [6, 6.07) is 23.2. The number of hydrogen-bond donors (Lipinski definition) is 5. The molecule has 0 radical (unpaired) electrons. The van der Waals surface area contributed by atoms with Gasteiger partial charge >= 0.3 is 0 Å². The van der Waals surface area contributed by atoms with Gasteiger partial charge in [0, 0.05) is 23.2 Å². The van der Waals surface area contributed by atoms with Crippen LogP contribution >= 0.6 is 24.8 Å². The van der Waals surface area contributed by atoms with Gasteiger partial charge in [-0.15, -0.1) is 0 Å². The lowest BCUT2D eigenvalue weighted by atomic mass is 10.1. The zero-order valence-corrected chi connectivity index (χ0v) is 17.8. The van der Waals surface area contributed by atoms with E-state index in [9.17, 15) is 9.59 Å². The molecule has 0 aromatic heterocycles. The molecule has 0 aliphatic heterocycles. The molecule has 3 aromatic carbocycles. The van der Waals surface area contributed by atoms with E-state index in [4.69, 9.17) is 12.2 Å². The van der Waals surface area contributed by atoms with Crippen LogP contribution in [-0.4, -0.2) is 22.2 Å². The van der Waals surface area contributed by atoms with E-state index >= 15 is 0 Å². The topological polar surface area (TPSA) is 82.3 Å². The van der Waals surface area contributed by atoms with Crippen molar-refractivity contribution in [2.75, 3.05) is 10.6 Å². The summed E-state index contributed by atoms with van der Waals surface area (Å²) in [6.45, 7) is 0. The molecule has 0 saturated heterocycles. The predicted octanol–water partition coefficient (Wildman–Crippen LogP) is 3.87. The van der Waals surface area contributed by atoms with Crippen LogP contribution in [0.15, 0.2) is 72.8 Å². The molecule has 3 aromatic rings. The largest absolute Gasteiger partial charge is 0.373 e. The lowest BCUT2D eigenvalue weighted by Gasteiger charge is -2.15. The summed E-state index contributed by atoms with van der Waals surface area (Å²) in [6.07, 6.45) is -0.151. The van der Waals surface area contributed by atoms with Crippen molar-refractivity contribution in [2.45, 2.75) is 18.2 Å². The third kappa shape index (κ3) is 6.47. The Morgan fingerprint density at radius 3 is 2.40 bits per heavy atom. The lowest BCUT2D eigenvalue weighted by molar-refractivity contribution is -0.128. The number of carbonyl (C=O) groups is 2. The van der Waals surface area contributed by atoms with Gasteiger partial charge in [-0.1, -0.05) is 54.6 Å². The second-order valence-corrected chi connectivity index (χ2v) is 7.63. The van der Waals surface area contributed by atoms with Crippen LogP contribution in [0, 0.1) is 0 Å². The van der Waals surface area contributed by atoms with Crippen LogP contribution < -0.4 is 21.5 Å². The summed E-state index contributed by atoms with van der Waals surface area (Å²) in [4.78, 5) is 24.1. The molecular weight excluding hydrogens is 416 g/mol. The standard InChI is InChI=1S/C22H22N4O2S2/c27-17(14-21(29)23-16-9-2-1-3-10-16)13-20(28)25-26-22(30)24-19-12-6-8-15-7-4-5-11-18(15)19/h1-12,21,23,29H,13-14H2,(H,25,28)(H2,24,26,30). The number of para-hydroxylation sites is 1. The smallest absolute Gasteiger partial charge is 0.245 e. The van der Waals surface area contributed by atoms with E-state index in [1.54, 1.807) is 0 Å². The first-order chi connectivity index (χ1) is 14.5. The van der Waals surface area contributed by atoms with E-state index in [0.717, 1.165) is 22.1 Å². The van der Waals surface area contributed by atoms with Crippen molar-refractivity contribution >= 4 is 63.8 Å². The normalized spacial score (nSPS) is 11.4.